The van der Waals surface area contributed by atoms with Crippen LogP contribution in [0.2, 0.25) is 0 Å². The summed E-state index contributed by atoms with van der Waals surface area (Å²) in [5.41, 5.74) is 2.63. The highest BCUT2D eigenvalue weighted by molar-refractivity contribution is 5.91. The summed E-state index contributed by atoms with van der Waals surface area (Å²) in [6, 6.07) is 13.4. The van der Waals surface area contributed by atoms with Crippen molar-refractivity contribution in [3.05, 3.63) is 59.4 Å². The van der Waals surface area contributed by atoms with E-state index in [1.54, 1.807) is 4.57 Å². The third-order valence-electron chi connectivity index (χ3n) is 5.18. The molecule has 2 aromatic rings. The highest BCUT2D eigenvalue weighted by Gasteiger charge is 2.43. The van der Waals surface area contributed by atoms with E-state index < -0.39 is 12.4 Å². The van der Waals surface area contributed by atoms with Crippen molar-refractivity contribution in [2.24, 2.45) is 0 Å². The SMILES string of the molecule is Cc1ccc(C)n1C(=O)C[C@@H]1O[C@@H]2CO[C@@H](c3ccccc3)O[C@H]2CC1=O. The van der Waals surface area contributed by atoms with Crippen molar-refractivity contribution in [2.75, 3.05) is 6.61 Å². The number of hydrogen-bond acceptors (Lipinski definition) is 5. The number of benzene rings is 1. The van der Waals surface area contributed by atoms with E-state index >= 15 is 0 Å². The Balaban J connectivity index is 1.41. The highest BCUT2D eigenvalue weighted by atomic mass is 16.7. The number of fused-ring (bicyclic) bond motifs is 1. The predicted molar refractivity (Wildman–Crippen MR) is 97.4 cm³/mol. The average molecular weight is 369 g/mol. The monoisotopic (exact) mass is 369 g/mol. The van der Waals surface area contributed by atoms with E-state index in [1.807, 2.05) is 56.3 Å². The van der Waals surface area contributed by atoms with Gasteiger partial charge in [-0.1, -0.05) is 30.3 Å². The van der Waals surface area contributed by atoms with E-state index in [0.29, 0.717) is 6.61 Å². The smallest absolute Gasteiger partial charge is 0.234 e. The van der Waals surface area contributed by atoms with Crippen molar-refractivity contribution >= 4 is 11.7 Å². The lowest BCUT2D eigenvalue weighted by atomic mass is 9.97. The standard InChI is InChI=1S/C21H23NO5/c1-13-8-9-14(2)22(13)20(24)11-17-16(23)10-18-19(26-17)12-25-21(27-18)15-6-4-3-5-7-15/h3-9,17-19,21H,10-12H2,1-2H3/t17-,18-,19+,21+/m0/s1. The zero-order valence-corrected chi connectivity index (χ0v) is 15.5. The first kappa shape index (κ1) is 18.1. The van der Waals surface area contributed by atoms with Gasteiger partial charge in [0, 0.05) is 23.4 Å². The number of ether oxygens (including phenoxy) is 3. The maximum Gasteiger partial charge on any atom is 0.234 e. The van der Waals surface area contributed by atoms with Gasteiger partial charge in [-0.3, -0.25) is 14.2 Å². The first-order valence-electron chi connectivity index (χ1n) is 9.21. The molecule has 0 aliphatic carbocycles. The molecule has 6 nitrogen and oxygen atoms in total. The van der Waals surface area contributed by atoms with Gasteiger partial charge in [-0.15, -0.1) is 0 Å². The fraction of sp³-hybridized carbons (Fsp3) is 0.429. The van der Waals surface area contributed by atoms with Crippen molar-refractivity contribution in [1.82, 2.24) is 4.57 Å². The molecule has 4 atom stereocenters. The van der Waals surface area contributed by atoms with E-state index in [0.717, 1.165) is 17.0 Å². The molecule has 4 rings (SSSR count). The summed E-state index contributed by atoms with van der Waals surface area (Å²) in [5, 5.41) is 0. The average Bonchev–Trinajstić information content (AvgIpc) is 3.01. The minimum Gasteiger partial charge on any atom is -0.362 e. The summed E-state index contributed by atoms with van der Waals surface area (Å²) < 4.78 is 19.3. The highest BCUT2D eigenvalue weighted by Crippen LogP contribution is 2.33. The van der Waals surface area contributed by atoms with E-state index in [4.69, 9.17) is 14.2 Å². The summed E-state index contributed by atoms with van der Waals surface area (Å²) in [5.74, 6) is -0.229. The van der Waals surface area contributed by atoms with Gasteiger partial charge in [-0.05, 0) is 26.0 Å². The van der Waals surface area contributed by atoms with Gasteiger partial charge < -0.3 is 14.2 Å². The molecule has 0 amide bonds. The Labute approximate surface area is 158 Å². The van der Waals surface area contributed by atoms with Gasteiger partial charge in [-0.25, -0.2) is 0 Å². The molecule has 1 aromatic carbocycles. The Hall–Kier alpha value is -2.28. The van der Waals surface area contributed by atoms with E-state index in [9.17, 15) is 9.59 Å². The van der Waals surface area contributed by atoms with Gasteiger partial charge >= 0.3 is 0 Å². The van der Waals surface area contributed by atoms with Crippen LogP contribution in [0.3, 0.4) is 0 Å². The lowest BCUT2D eigenvalue weighted by molar-refractivity contribution is -0.280. The van der Waals surface area contributed by atoms with Gasteiger partial charge in [-0.2, -0.15) is 0 Å². The first-order chi connectivity index (χ1) is 13.0. The zero-order valence-electron chi connectivity index (χ0n) is 15.5. The summed E-state index contributed by atoms with van der Waals surface area (Å²) in [6.07, 6.45) is -1.67. The molecule has 6 heteroatoms. The second-order valence-corrected chi connectivity index (χ2v) is 7.13. The largest absolute Gasteiger partial charge is 0.362 e. The topological polar surface area (TPSA) is 66.8 Å². The number of carbonyl (C=O) groups excluding carboxylic acids is 2. The van der Waals surface area contributed by atoms with Gasteiger partial charge in [0.25, 0.3) is 0 Å². The molecule has 0 spiro atoms. The van der Waals surface area contributed by atoms with Crippen LogP contribution < -0.4 is 0 Å². The zero-order chi connectivity index (χ0) is 19.0. The van der Waals surface area contributed by atoms with Crippen LogP contribution in [-0.4, -0.2) is 41.2 Å². The second kappa shape index (κ2) is 7.38. The fourth-order valence-electron chi connectivity index (χ4n) is 3.76. The van der Waals surface area contributed by atoms with Crippen molar-refractivity contribution in [3.63, 3.8) is 0 Å². The molecule has 0 bridgehead atoms. The van der Waals surface area contributed by atoms with Crippen molar-refractivity contribution in [1.29, 1.82) is 0 Å². The van der Waals surface area contributed by atoms with Crippen LogP contribution >= 0.6 is 0 Å². The molecule has 0 N–H and O–H groups in total. The molecule has 2 fully saturated rings. The lowest BCUT2D eigenvalue weighted by Crippen LogP contribution is -2.52. The summed E-state index contributed by atoms with van der Waals surface area (Å²) >= 11 is 0. The Morgan fingerprint density at radius 2 is 1.74 bits per heavy atom. The summed E-state index contributed by atoms with van der Waals surface area (Å²) in [4.78, 5) is 25.2. The van der Waals surface area contributed by atoms with Crippen LogP contribution in [0.5, 0.6) is 0 Å². The van der Waals surface area contributed by atoms with Crippen LogP contribution in [0.15, 0.2) is 42.5 Å². The normalized spacial score (nSPS) is 28.0. The van der Waals surface area contributed by atoms with Crippen LogP contribution in [0.4, 0.5) is 0 Å². The molecule has 0 saturated carbocycles. The van der Waals surface area contributed by atoms with Gasteiger partial charge in [0.05, 0.1) is 19.1 Å². The van der Waals surface area contributed by atoms with Crippen LogP contribution in [0.1, 0.15) is 40.9 Å². The number of hydrogen-bond donors (Lipinski definition) is 0. The van der Waals surface area contributed by atoms with E-state index in [-0.39, 0.29) is 36.7 Å². The van der Waals surface area contributed by atoms with E-state index in [1.165, 1.54) is 0 Å². The van der Waals surface area contributed by atoms with Crippen LogP contribution in [0, 0.1) is 13.8 Å². The van der Waals surface area contributed by atoms with Crippen molar-refractivity contribution in [3.8, 4) is 0 Å². The third kappa shape index (κ3) is 3.60. The van der Waals surface area contributed by atoms with Crippen molar-refractivity contribution < 1.29 is 23.8 Å². The Morgan fingerprint density at radius 1 is 1.04 bits per heavy atom. The van der Waals surface area contributed by atoms with Gasteiger partial charge in [0.2, 0.25) is 5.91 Å². The molecule has 2 aliphatic rings. The molecular formula is C21H23NO5. The Morgan fingerprint density at radius 3 is 2.44 bits per heavy atom. The molecule has 3 heterocycles. The Bertz CT molecular complexity index is 824. The molecule has 1 aromatic heterocycles. The van der Waals surface area contributed by atoms with E-state index in [2.05, 4.69) is 0 Å². The number of aryl methyl sites for hydroxylation is 2. The first-order valence-corrected chi connectivity index (χ1v) is 9.21. The molecule has 2 saturated heterocycles. The maximum absolute atomic E-state index is 12.6. The number of ketones is 1. The lowest BCUT2D eigenvalue weighted by Gasteiger charge is -2.41. The molecule has 2 aliphatic heterocycles. The molecule has 0 unspecified atom stereocenters. The maximum atomic E-state index is 12.6. The van der Waals surface area contributed by atoms with Crippen molar-refractivity contribution in [2.45, 2.75) is 51.3 Å². The number of rotatable bonds is 3. The molecule has 142 valence electrons. The number of carbonyl (C=O) groups is 2. The van der Waals surface area contributed by atoms with Crippen LogP contribution in [-0.2, 0) is 19.0 Å². The minimum absolute atomic E-state index is 0.0283. The fourth-order valence-corrected chi connectivity index (χ4v) is 3.76. The quantitative estimate of drug-likeness (QED) is 0.832. The summed E-state index contributed by atoms with van der Waals surface area (Å²) in [6.45, 7) is 4.08. The van der Waals surface area contributed by atoms with Crippen LogP contribution in [0.25, 0.3) is 0 Å². The van der Waals surface area contributed by atoms with Gasteiger partial charge in [0.1, 0.15) is 12.2 Å². The minimum atomic E-state index is -0.750. The number of Topliss-reactive ketones (excluding diaryl/α,β-unsaturated/α-hetero) is 1. The molecule has 0 radical (unpaired) electrons. The number of nitrogens with zero attached hydrogens (tertiary/aromatic N) is 1. The second-order valence-electron chi connectivity index (χ2n) is 7.13. The molecule has 27 heavy (non-hydrogen) atoms. The Kier molecular flexibility index (Phi) is 4.95. The van der Waals surface area contributed by atoms with Gasteiger partial charge in [0.15, 0.2) is 12.1 Å². The molecular weight excluding hydrogens is 346 g/mol. The number of aromatic nitrogens is 1. The summed E-state index contributed by atoms with van der Waals surface area (Å²) in [7, 11) is 0. The third-order valence-corrected chi connectivity index (χ3v) is 5.18. The predicted octanol–water partition coefficient (Wildman–Crippen LogP) is 2.98.